The number of sulfonamides is 2. The molecule has 2 heterocycles. The summed E-state index contributed by atoms with van der Waals surface area (Å²) in [6.07, 6.45) is 1.11. The topological polar surface area (TPSA) is 128 Å². The first kappa shape index (κ1) is 24.5. The van der Waals surface area contributed by atoms with Gasteiger partial charge in [0.1, 0.15) is 0 Å². The fourth-order valence-corrected chi connectivity index (χ4v) is 6.41. The third-order valence-electron chi connectivity index (χ3n) is 5.68. The van der Waals surface area contributed by atoms with Crippen LogP contribution < -0.4 is 14.2 Å². The number of ether oxygens (including phenoxy) is 3. The predicted octanol–water partition coefficient (Wildman–Crippen LogP) is 1.86. The molecule has 1 fully saturated rings. The lowest BCUT2D eigenvalue weighted by atomic mass is 10.0. The number of fused-ring (bicyclic) bond motifs is 1. The van der Waals surface area contributed by atoms with E-state index >= 15 is 0 Å². The summed E-state index contributed by atoms with van der Waals surface area (Å²) in [5.74, 6) is 0.237. The average Bonchev–Trinajstić information content (AvgIpc) is 3.31. The molecule has 4 rings (SSSR count). The molecule has 2 aromatic rings. The fraction of sp³-hybridized carbons (Fsp3) is 0.409. The summed E-state index contributed by atoms with van der Waals surface area (Å²) in [5, 5.41) is 0. The maximum atomic E-state index is 13.1. The lowest BCUT2D eigenvalue weighted by molar-refractivity contribution is -0.149. The molecule has 34 heavy (non-hydrogen) atoms. The van der Waals surface area contributed by atoms with Crippen LogP contribution in [0.25, 0.3) is 0 Å². The lowest BCUT2D eigenvalue weighted by Crippen LogP contribution is -2.42. The average molecular weight is 511 g/mol. The highest BCUT2D eigenvalue weighted by Crippen LogP contribution is 2.32. The quantitative estimate of drug-likeness (QED) is 0.533. The van der Waals surface area contributed by atoms with E-state index in [2.05, 4.69) is 4.72 Å². The van der Waals surface area contributed by atoms with Crippen molar-refractivity contribution in [3.8, 4) is 11.5 Å². The summed E-state index contributed by atoms with van der Waals surface area (Å²) in [6, 6.07) is 10.2. The van der Waals surface area contributed by atoms with Gasteiger partial charge in [-0.05, 0) is 61.7 Å². The number of carbonyl (C=O) groups is 1. The number of benzene rings is 2. The normalized spacial score (nSPS) is 18.6. The van der Waals surface area contributed by atoms with Gasteiger partial charge in [-0.2, -0.15) is 4.31 Å². The molecule has 1 atom stereocenters. The van der Waals surface area contributed by atoms with E-state index in [9.17, 15) is 21.6 Å². The van der Waals surface area contributed by atoms with Gasteiger partial charge in [0.2, 0.25) is 26.8 Å². The van der Waals surface area contributed by atoms with Crippen LogP contribution in [-0.2, 0) is 36.1 Å². The molecule has 0 unspecified atom stereocenters. The smallest absolute Gasteiger partial charge is 0.310 e. The summed E-state index contributed by atoms with van der Waals surface area (Å²) in [4.78, 5) is 12.0. The zero-order valence-electron chi connectivity index (χ0n) is 18.6. The first-order valence-electron chi connectivity index (χ1n) is 10.9. The molecule has 0 radical (unpaired) electrons. The van der Waals surface area contributed by atoms with Crippen LogP contribution in [0.2, 0.25) is 0 Å². The molecule has 184 valence electrons. The maximum absolute atomic E-state index is 13.1. The molecule has 0 amide bonds. The number of hydrogen-bond acceptors (Lipinski definition) is 8. The second-order valence-corrected chi connectivity index (χ2v) is 11.6. The van der Waals surface area contributed by atoms with Crippen LogP contribution in [-0.4, -0.2) is 53.6 Å². The summed E-state index contributed by atoms with van der Waals surface area (Å²) >= 11 is 0. The second-order valence-electron chi connectivity index (χ2n) is 7.94. The number of rotatable bonds is 8. The van der Waals surface area contributed by atoms with Crippen LogP contribution in [0.3, 0.4) is 0 Å². The van der Waals surface area contributed by atoms with Gasteiger partial charge in [0.05, 0.1) is 22.3 Å². The Balaban J connectivity index is 1.43. The van der Waals surface area contributed by atoms with E-state index in [0.717, 1.165) is 0 Å². The standard InChI is InChI=1S/C22H26N2O8S2/c1-2-30-22(25)17-4-3-11-24(14-17)34(28,29)19-8-6-18(7-9-19)33(26,27)23-13-16-5-10-20-21(12-16)32-15-31-20/h5-10,12,17,23H,2-4,11,13-15H2,1H3/t17-/m0/s1. The van der Waals surface area contributed by atoms with Gasteiger partial charge in [0.15, 0.2) is 11.5 Å². The van der Waals surface area contributed by atoms with Crippen molar-refractivity contribution in [3.05, 3.63) is 48.0 Å². The zero-order chi connectivity index (χ0) is 24.3. The lowest BCUT2D eigenvalue weighted by Gasteiger charge is -2.30. The molecular weight excluding hydrogens is 484 g/mol. The third-order valence-corrected chi connectivity index (χ3v) is 8.98. The minimum Gasteiger partial charge on any atom is -0.466 e. The summed E-state index contributed by atoms with van der Waals surface area (Å²) in [5.41, 5.74) is 0.688. The van der Waals surface area contributed by atoms with E-state index in [0.29, 0.717) is 29.9 Å². The third kappa shape index (κ3) is 5.19. The van der Waals surface area contributed by atoms with Crippen LogP contribution in [0.1, 0.15) is 25.3 Å². The molecule has 10 nitrogen and oxygen atoms in total. The highest BCUT2D eigenvalue weighted by Gasteiger charge is 2.34. The van der Waals surface area contributed by atoms with Crippen LogP contribution in [0.5, 0.6) is 11.5 Å². The highest BCUT2D eigenvalue weighted by atomic mass is 32.2. The highest BCUT2D eigenvalue weighted by molar-refractivity contribution is 7.89. The number of nitrogens with zero attached hydrogens (tertiary/aromatic N) is 1. The van der Waals surface area contributed by atoms with Crippen molar-refractivity contribution in [3.63, 3.8) is 0 Å². The molecule has 2 aliphatic rings. The van der Waals surface area contributed by atoms with Crippen molar-refractivity contribution in [1.29, 1.82) is 0 Å². The summed E-state index contributed by atoms with van der Waals surface area (Å²) in [7, 11) is -7.76. The van der Waals surface area contributed by atoms with Gasteiger partial charge in [-0.1, -0.05) is 6.07 Å². The molecule has 1 N–H and O–H groups in total. The first-order chi connectivity index (χ1) is 16.2. The number of carbonyl (C=O) groups excluding carboxylic acids is 1. The molecule has 12 heteroatoms. The van der Waals surface area contributed by atoms with Crippen molar-refractivity contribution in [1.82, 2.24) is 9.03 Å². The zero-order valence-corrected chi connectivity index (χ0v) is 20.2. The van der Waals surface area contributed by atoms with Crippen LogP contribution in [0.4, 0.5) is 0 Å². The molecule has 2 aromatic carbocycles. The molecule has 0 aliphatic carbocycles. The second kappa shape index (κ2) is 9.90. The van der Waals surface area contributed by atoms with E-state index in [1.54, 1.807) is 25.1 Å². The van der Waals surface area contributed by atoms with Gasteiger partial charge in [-0.25, -0.2) is 21.6 Å². The minimum atomic E-state index is -3.88. The Bertz CT molecular complexity index is 1260. The van der Waals surface area contributed by atoms with Crippen LogP contribution in [0.15, 0.2) is 52.3 Å². The largest absolute Gasteiger partial charge is 0.466 e. The Labute approximate surface area is 198 Å². The Morgan fingerprint density at radius 1 is 1.06 bits per heavy atom. The van der Waals surface area contributed by atoms with Crippen molar-refractivity contribution in [2.24, 2.45) is 5.92 Å². The Hall–Kier alpha value is -2.67. The number of esters is 1. The molecule has 1 saturated heterocycles. The van der Waals surface area contributed by atoms with Gasteiger partial charge in [-0.3, -0.25) is 4.79 Å². The number of nitrogens with one attached hydrogen (secondary N) is 1. The molecular formula is C22H26N2O8S2. The predicted molar refractivity (Wildman–Crippen MR) is 121 cm³/mol. The van der Waals surface area contributed by atoms with Gasteiger partial charge >= 0.3 is 5.97 Å². The SMILES string of the molecule is CCOC(=O)[C@H]1CCCN(S(=O)(=O)c2ccc(S(=O)(=O)NCc3ccc4c(c3)OCO4)cc2)C1. The molecule has 0 aromatic heterocycles. The Morgan fingerprint density at radius 3 is 2.50 bits per heavy atom. The van der Waals surface area contributed by atoms with Crippen molar-refractivity contribution in [2.75, 3.05) is 26.5 Å². The van der Waals surface area contributed by atoms with Crippen LogP contribution >= 0.6 is 0 Å². The first-order valence-corrected chi connectivity index (χ1v) is 13.8. The number of hydrogen-bond donors (Lipinski definition) is 1. The monoisotopic (exact) mass is 510 g/mol. The van der Waals surface area contributed by atoms with Crippen LogP contribution in [0, 0.1) is 5.92 Å². The minimum absolute atomic E-state index is 0.0298. The Kier molecular flexibility index (Phi) is 7.12. The van der Waals surface area contributed by atoms with Gasteiger partial charge in [0, 0.05) is 19.6 Å². The van der Waals surface area contributed by atoms with E-state index in [4.69, 9.17) is 14.2 Å². The summed E-state index contributed by atoms with van der Waals surface area (Å²) in [6.45, 7) is 2.42. The fourth-order valence-electron chi connectivity index (χ4n) is 3.87. The van der Waals surface area contributed by atoms with Gasteiger partial charge < -0.3 is 14.2 Å². The van der Waals surface area contributed by atoms with Gasteiger partial charge in [0.25, 0.3) is 0 Å². The number of piperidine rings is 1. The maximum Gasteiger partial charge on any atom is 0.310 e. The molecule has 0 spiro atoms. The van der Waals surface area contributed by atoms with Crippen molar-refractivity contribution in [2.45, 2.75) is 36.1 Å². The molecule has 2 aliphatic heterocycles. The van der Waals surface area contributed by atoms with E-state index < -0.39 is 31.9 Å². The molecule has 0 bridgehead atoms. The molecule has 0 saturated carbocycles. The van der Waals surface area contributed by atoms with Crippen molar-refractivity contribution < 1.29 is 35.8 Å². The van der Waals surface area contributed by atoms with E-state index in [1.807, 2.05) is 0 Å². The summed E-state index contributed by atoms with van der Waals surface area (Å²) < 4.78 is 70.9. The Morgan fingerprint density at radius 2 is 1.76 bits per heavy atom. The van der Waals surface area contributed by atoms with E-state index in [-0.39, 0.29) is 42.8 Å². The van der Waals surface area contributed by atoms with Crippen molar-refractivity contribution >= 4 is 26.0 Å². The van der Waals surface area contributed by atoms with Gasteiger partial charge in [-0.15, -0.1) is 0 Å². The van der Waals surface area contributed by atoms with E-state index in [1.165, 1.54) is 28.6 Å².